The van der Waals surface area contributed by atoms with E-state index in [1.165, 1.54) is 11.6 Å². The number of hydrogen-bond acceptors (Lipinski definition) is 2. The highest BCUT2D eigenvalue weighted by Gasteiger charge is 2.14. The molecule has 0 bridgehead atoms. The number of ketones is 1. The van der Waals surface area contributed by atoms with Crippen LogP contribution in [-0.4, -0.2) is 18.2 Å². The van der Waals surface area contributed by atoms with E-state index < -0.39 is 0 Å². The average Bonchev–Trinajstić information content (AvgIpc) is 2.63. The highest BCUT2D eigenvalue weighted by Crippen LogP contribution is 2.26. The molecule has 0 spiro atoms. The second-order valence-electron chi connectivity index (χ2n) is 4.37. The molecular formula is C13H19NO2. The molecule has 1 rings (SSSR count). The maximum absolute atomic E-state index is 11.6. The first-order valence-electron chi connectivity index (χ1n) is 5.71. The van der Waals surface area contributed by atoms with Crippen molar-refractivity contribution in [2.75, 3.05) is 6.54 Å². The molecule has 0 aromatic carbocycles. The number of carbonyl (C=O) groups excluding carboxylic acids is 2. The Morgan fingerprint density at radius 2 is 2.38 bits per heavy atom. The van der Waals surface area contributed by atoms with Crippen molar-refractivity contribution in [1.82, 2.24) is 5.32 Å². The number of hydrogen-bond donors (Lipinski definition) is 1. The summed E-state index contributed by atoms with van der Waals surface area (Å²) in [6.07, 6.45) is 6.48. The summed E-state index contributed by atoms with van der Waals surface area (Å²) in [4.78, 5) is 22.4. The monoisotopic (exact) mass is 221 g/mol. The summed E-state index contributed by atoms with van der Waals surface area (Å²) in [5, 5.41) is 2.60. The van der Waals surface area contributed by atoms with Gasteiger partial charge < -0.3 is 5.32 Å². The Kier molecular flexibility index (Phi) is 4.96. The van der Waals surface area contributed by atoms with Gasteiger partial charge in [-0.05, 0) is 24.8 Å². The van der Waals surface area contributed by atoms with E-state index in [-0.39, 0.29) is 11.7 Å². The van der Waals surface area contributed by atoms with Crippen molar-refractivity contribution in [3.05, 3.63) is 24.3 Å². The first-order chi connectivity index (χ1) is 7.61. The normalized spacial score (nSPS) is 19.1. The van der Waals surface area contributed by atoms with Crippen LogP contribution >= 0.6 is 0 Å². The molecule has 0 fully saturated rings. The zero-order valence-electron chi connectivity index (χ0n) is 9.79. The Bertz CT molecular complexity index is 318. The summed E-state index contributed by atoms with van der Waals surface area (Å²) in [7, 11) is 0. The van der Waals surface area contributed by atoms with Gasteiger partial charge in [0, 0.05) is 19.4 Å². The molecule has 0 heterocycles. The van der Waals surface area contributed by atoms with Crippen molar-refractivity contribution in [3.8, 4) is 0 Å². The number of rotatable bonds is 6. The van der Waals surface area contributed by atoms with Gasteiger partial charge in [-0.2, -0.15) is 0 Å². The van der Waals surface area contributed by atoms with E-state index in [0.29, 0.717) is 25.3 Å². The molecule has 16 heavy (non-hydrogen) atoms. The molecule has 3 heteroatoms. The molecule has 0 radical (unpaired) electrons. The Labute approximate surface area is 96.6 Å². The number of carbonyl (C=O) groups is 2. The van der Waals surface area contributed by atoms with E-state index >= 15 is 0 Å². The van der Waals surface area contributed by atoms with Crippen LogP contribution in [0.5, 0.6) is 0 Å². The lowest BCUT2D eigenvalue weighted by molar-refractivity contribution is -0.118. The molecule has 1 N–H and O–H groups in total. The van der Waals surface area contributed by atoms with Crippen molar-refractivity contribution < 1.29 is 9.59 Å². The van der Waals surface area contributed by atoms with Crippen molar-refractivity contribution in [2.45, 2.75) is 32.6 Å². The van der Waals surface area contributed by atoms with E-state index in [1.807, 2.05) is 0 Å². The van der Waals surface area contributed by atoms with Crippen molar-refractivity contribution in [3.63, 3.8) is 0 Å². The first-order valence-corrected chi connectivity index (χ1v) is 5.71. The first kappa shape index (κ1) is 12.7. The van der Waals surface area contributed by atoms with Crippen molar-refractivity contribution in [2.24, 2.45) is 5.92 Å². The molecule has 1 aliphatic rings. The van der Waals surface area contributed by atoms with Gasteiger partial charge >= 0.3 is 0 Å². The molecular weight excluding hydrogens is 202 g/mol. The van der Waals surface area contributed by atoms with Gasteiger partial charge in [-0.25, -0.2) is 0 Å². The summed E-state index contributed by atoms with van der Waals surface area (Å²) >= 11 is 0. The maximum atomic E-state index is 11.6. The van der Waals surface area contributed by atoms with E-state index in [4.69, 9.17) is 0 Å². The second-order valence-corrected chi connectivity index (χ2v) is 4.37. The van der Waals surface area contributed by atoms with Crippen LogP contribution in [0.2, 0.25) is 0 Å². The van der Waals surface area contributed by atoms with E-state index in [2.05, 4.69) is 24.9 Å². The molecule has 0 saturated carbocycles. The zero-order chi connectivity index (χ0) is 12.0. The fourth-order valence-corrected chi connectivity index (χ4v) is 1.87. The number of Topliss-reactive ketones (excluding diaryl/α,β-unsaturated/α-hetero) is 1. The van der Waals surface area contributed by atoms with Gasteiger partial charge in [0.15, 0.2) is 0 Å². The minimum Gasteiger partial charge on any atom is -0.352 e. The van der Waals surface area contributed by atoms with Crippen molar-refractivity contribution >= 4 is 11.7 Å². The van der Waals surface area contributed by atoms with Crippen molar-refractivity contribution in [1.29, 1.82) is 0 Å². The quantitative estimate of drug-likeness (QED) is 0.550. The van der Waals surface area contributed by atoms with Gasteiger partial charge in [0.1, 0.15) is 5.78 Å². The van der Waals surface area contributed by atoms with Gasteiger partial charge in [-0.15, -0.1) is 0 Å². The molecule has 0 aromatic heterocycles. The predicted octanol–water partition coefficient (Wildman–Crippen LogP) is 1.99. The lowest BCUT2D eigenvalue weighted by atomic mass is 10.0. The molecule has 1 aliphatic carbocycles. The van der Waals surface area contributed by atoms with Crippen LogP contribution in [0.15, 0.2) is 24.3 Å². The molecule has 3 nitrogen and oxygen atoms in total. The lowest BCUT2D eigenvalue weighted by Gasteiger charge is -2.04. The van der Waals surface area contributed by atoms with Gasteiger partial charge in [0.2, 0.25) is 5.91 Å². The van der Waals surface area contributed by atoms with E-state index in [1.54, 1.807) is 0 Å². The predicted molar refractivity (Wildman–Crippen MR) is 63.9 cm³/mol. The van der Waals surface area contributed by atoms with Crippen LogP contribution < -0.4 is 5.32 Å². The second kappa shape index (κ2) is 6.26. The molecule has 1 unspecified atom stereocenters. The fourth-order valence-electron chi connectivity index (χ4n) is 1.87. The maximum Gasteiger partial charge on any atom is 0.243 e. The lowest BCUT2D eigenvalue weighted by Crippen LogP contribution is -2.23. The van der Waals surface area contributed by atoms with E-state index in [0.717, 1.165) is 12.8 Å². The Balaban J connectivity index is 2.16. The summed E-state index contributed by atoms with van der Waals surface area (Å²) in [5.41, 5.74) is 1.26. The van der Waals surface area contributed by atoms with Crippen LogP contribution in [0.3, 0.4) is 0 Å². The Morgan fingerprint density at radius 3 is 2.94 bits per heavy atom. The van der Waals surface area contributed by atoms with Crippen LogP contribution in [0.1, 0.15) is 32.6 Å². The topological polar surface area (TPSA) is 46.2 Å². The van der Waals surface area contributed by atoms with Gasteiger partial charge in [-0.3, -0.25) is 9.59 Å². The number of nitrogens with one attached hydrogen (secondary N) is 1. The molecule has 88 valence electrons. The minimum absolute atomic E-state index is 0.199. The standard InChI is InChI=1S/C13H19NO2/c1-3-13(16)14-7-6-12(15)9-11-5-4-10(2)8-11/h3,5,10H,1,4,6-9H2,2H3,(H,14,16). The zero-order valence-corrected chi connectivity index (χ0v) is 9.79. The van der Waals surface area contributed by atoms with Crippen LogP contribution in [0.4, 0.5) is 0 Å². The van der Waals surface area contributed by atoms with Crippen LogP contribution in [0.25, 0.3) is 0 Å². The average molecular weight is 221 g/mol. The van der Waals surface area contributed by atoms with Gasteiger partial charge in [-0.1, -0.05) is 25.2 Å². The van der Waals surface area contributed by atoms with E-state index in [9.17, 15) is 9.59 Å². The Hall–Kier alpha value is -1.38. The highest BCUT2D eigenvalue weighted by molar-refractivity contribution is 5.87. The number of allylic oxidation sites excluding steroid dienone is 2. The van der Waals surface area contributed by atoms with Gasteiger partial charge in [0.25, 0.3) is 0 Å². The molecule has 1 atom stereocenters. The minimum atomic E-state index is -0.221. The smallest absolute Gasteiger partial charge is 0.243 e. The highest BCUT2D eigenvalue weighted by atomic mass is 16.1. The third-order valence-corrected chi connectivity index (χ3v) is 2.73. The van der Waals surface area contributed by atoms with Crippen LogP contribution in [0, 0.1) is 5.92 Å². The third kappa shape index (κ3) is 4.43. The molecule has 0 aliphatic heterocycles. The van der Waals surface area contributed by atoms with Crippen LogP contribution in [-0.2, 0) is 9.59 Å². The van der Waals surface area contributed by atoms with Gasteiger partial charge in [0.05, 0.1) is 0 Å². The SMILES string of the molecule is C=CC(=O)NCCC(=O)CC1=CCC(C)C1. The largest absolute Gasteiger partial charge is 0.352 e. The molecule has 1 amide bonds. The summed E-state index contributed by atoms with van der Waals surface area (Å²) in [6.45, 7) is 5.95. The Morgan fingerprint density at radius 1 is 1.62 bits per heavy atom. The summed E-state index contributed by atoms with van der Waals surface area (Å²) in [5.74, 6) is 0.662. The third-order valence-electron chi connectivity index (χ3n) is 2.73. The molecule has 0 saturated heterocycles. The summed E-state index contributed by atoms with van der Waals surface area (Å²) in [6, 6.07) is 0. The fraction of sp³-hybridized carbons (Fsp3) is 0.538. The molecule has 0 aromatic rings. The summed E-state index contributed by atoms with van der Waals surface area (Å²) < 4.78 is 0. The number of amides is 1.